The van der Waals surface area contributed by atoms with Crippen molar-refractivity contribution in [1.29, 1.82) is 0 Å². The Morgan fingerprint density at radius 3 is 2.81 bits per heavy atom. The largest absolute Gasteiger partial charge is 0.444 e. The molecule has 0 spiro atoms. The van der Waals surface area contributed by atoms with Gasteiger partial charge in [-0.15, -0.1) is 0 Å². The number of anilines is 1. The highest BCUT2D eigenvalue weighted by molar-refractivity contribution is 5.85. The number of ether oxygens (including phenoxy) is 1. The topological polar surface area (TPSA) is 63.2 Å². The number of benzene rings is 1. The number of aromatic nitrogens is 1. The molecule has 0 bridgehead atoms. The number of amides is 1. The first-order valence-corrected chi connectivity index (χ1v) is 9.84. The third-order valence-electron chi connectivity index (χ3n) is 5.15. The molecule has 1 aromatic carbocycles. The van der Waals surface area contributed by atoms with Gasteiger partial charge < -0.3 is 10.1 Å². The van der Waals surface area contributed by atoms with Crippen LogP contribution in [0, 0.1) is 5.92 Å². The minimum atomic E-state index is -0.453. The summed E-state index contributed by atoms with van der Waals surface area (Å²) in [5, 5.41) is 6.45. The summed E-state index contributed by atoms with van der Waals surface area (Å²) < 4.78 is 5.29. The zero-order valence-corrected chi connectivity index (χ0v) is 16.0. The molecule has 1 aliphatic carbocycles. The van der Waals surface area contributed by atoms with Gasteiger partial charge in [-0.1, -0.05) is 49.9 Å². The third kappa shape index (κ3) is 6.36. The van der Waals surface area contributed by atoms with Crippen LogP contribution in [0.25, 0.3) is 0 Å². The standard InChI is InChI=1S/C22H29N3O2/c1-17(13-18-7-2-3-8-18)24-15-20-10-4-5-11-21(20)25-22(26)27-16-19-9-6-12-23-14-19/h4-6,9-12,14,17-18,24H,2-3,7-8,13,15-16H2,1H3,(H,25,26)/t17-/m0/s1. The van der Waals surface area contributed by atoms with Gasteiger partial charge in [0, 0.05) is 36.2 Å². The number of para-hydroxylation sites is 1. The number of carbonyl (C=O) groups is 1. The summed E-state index contributed by atoms with van der Waals surface area (Å²) in [6.45, 7) is 3.18. The molecule has 2 N–H and O–H groups in total. The van der Waals surface area contributed by atoms with Gasteiger partial charge in [-0.05, 0) is 37.0 Å². The van der Waals surface area contributed by atoms with E-state index < -0.39 is 6.09 Å². The van der Waals surface area contributed by atoms with Crippen molar-refractivity contribution in [2.45, 2.75) is 58.2 Å². The Bertz CT molecular complexity index is 715. The molecule has 1 amide bonds. The smallest absolute Gasteiger partial charge is 0.411 e. The van der Waals surface area contributed by atoms with E-state index in [1.54, 1.807) is 12.4 Å². The molecule has 1 saturated carbocycles. The Morgan fingerprint density at radius 2 is 2.04 bits per heavy atom. The highest BCUT2D eigenvalue weighted by atomic mass is 16.5. The molecule has 0 aliphatic heterocycles. The molecule has 1 aliphatic rings. The van der Waals surface area contributed by atoms with Crippen LogP contribution in [0.15, 0.2) is 48.8 Å². The molecule has 1 atom stereocenters. The van der Waals surface area contributed by atoms with E-state index in [1.807, 2.05) is 36.4 Å². The van der Waals surface area contributed by atoms with Gasteiger partial charge in [0.05, 0.1) is 0 Å². The minimum absolute atomic E-state index is 0.207. The quantitative estimate of drug-likeness (QED) is 0.697. The Kier molecular flexibility index (Phi) is 7.22. The Balaban J connectivity index is 1.48. The molecule has 1 fully saturated rings. The molecule has 3 rings (SSSR count). The highest BCUT2D eigenvalue weighted by Gasteiger charge is 2.17. The molecule has 2 aromatic rings. The average molecular weight is 367 g/mol. The van der Waals surface area contributed by atoms with E-state index in [4.69, 9.17) is 4.74 Å². The van der Waals surface area contributed by atoms with Crippen LogP contribution in [0.2, 0.25) is 0 Å². The van der Waals surface area contributed by atoms with E-state index in [2.05, 4.69) is 22.5 Å². The summed E-state index contributed by atoms with van der Waals surface area (Å²) in [7, 11) is 0. The number of hydrogen-bond acceptors (Lipinski definition) is 4. The van der Waals surface area contributed by atoms with Crippen LogP contribution in [0.4, 0.5) is 10.5 Å². The maximum absolute atomic E-state index is 12.1. The first-order valence-electron chi connectivity index (χ1n) is 9.84. The van der Waals surface area contributed by atoms with E-state index >= 15 is 0 Å². The van der Waals surface area contributed by atoms with Crippen molar-refractivity contribution in [3.63, 3.8) is 0 Å². The Labute approximate surface area is 161 Å². The second-order valence-electron chi connectivity index (χ2n) is 7.39. The minimum Gasteiger partial charge on any atom is -0.444 e. The fraction of sp³-hybridized carbons (Fsp3) is 0.455. The lowest BCUT2D eigenvalue weighted by molar-refractivity contribution is 0.155. The summed E-state index contributed by atoms with van der Waals surface area (Å²) in [4.78, 5) is 16.2. The molecule has 5 heteroatoms. The number of pyridine rings is 1. The van der Waals surface area contributed by atoms with Gasteiger partial charge in [-0.2, -0.15) is 0 Å². The Hall–Kier alpha value is -2.40. The maximum atomic E-state index is 12.1. The normalized spacial score (nSPS) is 15.4. The van der Waals surface area contributed by atoms with Gasteiger partial charge in [0.25, 0.3) is 0 Å². The summed E-state index contributed by atoms with van der Waals surface area (Å²) in [5.41, 5.74) is 2.71. The van der Waals surface area contributed by atoms with Crippen molar-refractivity contribution < 1.29 is 9.53 Å². The molecular weight excluding hydrogens is 338 g/mol. The highest BCUT2D eigenvalue weighted by Crippen LogP contribution is 2.28. The van der Waals surface area contributed by atoms with Crippen LogP contribution in [-0.4, -0.2) is 17.1 Å². The molecule has 27 heavy (non-hydrogen) atoms. The molecule has 0 saturated heterocycles. The van der Waals surface area contributed by atoms with Crippen molar-refractivity contribution in [2.75, 3.05) is 5.32 Å². The summed E-state index contributed by atoms with van der Waals surface area (Å²) in [6, 6.07) is 12.0. The number of carbonyl (C=O) groups excluding carboxylic acids is 1. The fourth-order valence-corrected chi connectivity index (χ4v) is 3.69. The zero-order valence-electron chi connectivity index (χ0n) is 16.0. The van der Waals surface area contributed by atoms with Crippen LogP contribution in [0.5, 0.6) is 0 Å². The molecule has 144 valence electrons. The SMILES string of the molecule is C[C@@H](CC1CCCC1)NCc1ccccc1NC(=O)OCc1cccnc1. The molecule has 0 unspecified atom stereocenters. The second-order valence-corrected chi connectivity index (χ2v) is 7.39. The molecule has 5 nitrogen and oxygen atoms in total. The lowest BCUT2D eigenvalue weighted by Gasteiger charge is -2.19. The van der Waals surface area contributed by atoms with Crippen molar-refractivity contribution in [3.05, 3.63) is 59.9 Å². The van der Waals surface area contributed by atoms with Crippen LogP contribution >= 0.6 is 0 Å². The molecule has 1 aromatic heterocycles. The third-order valence-corrected chi connectivity index (χ3v) is 5.15. The van der Waals surface area contributed by atoms with Gasteiger partial charge in [0.15, 0.2) is 0 Å². The van der Waals surface area contributed by atoms with E-state index in [0.29, 0.717) is 6.04 Å². The van der Waals surface area contributed by atoms with E-state index in [1.165, 1.54) is 32.1 Å². The lowest BCUT2D eigenvalue weighted by atomic mass is 9.99. The van der Waals surface area contributed by atoms with Crippen LogP contribution < -0.4 is 10.6 Å². The number of hydrogen-bond donors (Lipinski definition) is 2. The van der Waals surface area contributed by atoms with Crippen molar-refractivity contribution in [2.24, 2.45) is 5.92 Å². The fourth-order valence-electron chi connectivity index (χ4n) is 3.69. The summed E-state index contributed by atoms with van der Waals surface area (Å²) in [6.07, 6.45) is 9.65. The van der Waals surface area contributed by atoms with Crippen molar-refractivity contribution >= 4 is 11.8 Å². The van der Waals surface area contributed by atoms with Gasteiger partial charge in [0.2, 0.25) is 0 Å². The molecule has 1 heterocycles. The van der Waals surface area contributed by atoms with Crippen LogP contribution in [-0.2, 0) is 17.9 Å². The second kappa shape index (κ2) is 10.1. The van der Waals surface area contributed by atoms with Crippen LogP contribution in [0.3, 0.4) is 0 Å². The van der Waals surface area contributed by atoms with E-state index in [-0.39, 0.29) is 6.61 Å². The maximum Gasteiger partial charge on any atom is 0.411 e. The van der Waals surface area contributed by atoms with Gasteiger partial charge in [0.1, 0.15) is 6.61 Å². The Morgan fingerprint density at radius 1 is 1.22 bits per heavy atom. The van der Waals surface area contributed by atoms with Gasteiger partial charge >= 0.3 is 6.09 Å². The zero-order chi connectivity index (χ0) is 18.9. The molecular formula is C22H29N3O2. The summed E-state index contributed by atoms with van der Waals surface area (Å²) in [5.74, 6) is 0.864. The lowest BCUT2D eigenvalue weighted by Crippen LogP contribution is -2.28. The average Bonchev–Trinajstić information content (AvgIpc) is 3.19. The van der Waals surface area contributed by atoms with Crippen molar-refractivity contribution in [3.8, 4) is 0 Å². The van der Waals surface area contributed by atoms with Gasteiger partial charge in [-0.3, -0.25) is 10.3 Å². The van der Waals surface area contributed by atoms with Gasteiger partial charge in [-0.25, -0.2) is 4.79 Å². The van der Waals surface area contributed by atoms with E-state index in [0.717, 1.165) is 29.3 Å². The number of rotatable bonds is 8. The monoisotopic (exact) mass is 367 g/mol. The predicted octanol–water partition coefficient (Wildman–Crippen LogP) is 4.89. The van der Waals surface area contributed by atoms with E-state index in [9.17, 15) is 4.79 Å². The summed E-state index contributed by atoms with van der Waals surface area (Å²) >= 11 is 0. The number of nitrogens with zero attached hydrogens (tertiary/aromatic N) is 1. The first-order chi connectivity index (χ1) is 13.2. The number of nitrogens with one attached hydrogen (secondary N) is 2. The van der Waals surface area contributed by atoms with Crippen LogP contribution in [0.1, 0.15) is 50.2 Å². The van der Waals surface area contributed by atoms with Crippen molar-refractivity contribution in [1.82, 2.24) is 10.3 Å². The molecule has 0 radical (unpaired) electrons. The first kappa shape index (κ1) is 19.4. The predicted molar refractivity (Wildman–Crippen MR) is 107 cm³/mol.